The zero-order valence-corrected chi connectivity index (χ0v) is 32.6. The molecule has 2 heterocycles. The summed E-state index contributed by atoms with van der Waals surface area (Å²) in [5.41, 5.74) is 9.34. The van der Waals surface area contributed by atoms with E-state index >= 15 is 0 Å². The Morgan fingerprint density at radius 3 is 2.24 bits per heavy atom. The Morgan fingerprint density at radius 1 is 0.852 bits per heavy atom. The van der Waals surface area contributed by atoms with E-state index in [4.69, 9.17) is 9.15 Å². The highest BCUT2D eigenvalue weighted by atomic mass is 32.2. The lowest BCUT2D eigenvalue weighted by molar-refractivity contribution is 0.0249. The smallest absolute Gasteiger partial charge is 0.410 e. The Labute approximate surface area is 318 Å². The number of anilines is 3. The first-order valence-electron chi connectivity index (χ1n) is 18.3. The number of sulfonamides is 1. The topological polar surface area (TPSA) is 130 Å². The summed E-state index contributed by atoms with van der Waals surface area (Å²) in [6.07, 6.45) is 5.53. The van der Waals surface area contributed by atoms with Crippen molar-refractivity contribution in [1.82, 2.24) is 14.9 Å². The third-order valence-electron chi connectivity index (χ3n) is 8.92. The highest BCUT2D eigenvalue weighted by Crippen LogP contribution is 2.35. The van der Waals surface area contributed by atoms with Crippen molar-refractivity contribution >= 4 is 44.4 Å². The number of carbonyl (C=O) groups excluding carboxylic acids is 1. The molecule has 0 atom stereocenters. The molecule has 0 spiro atoms. The number of benzene rings is 4. The van der Waals surface area contributed by atoms with Gasteiger partial charge in [0.25, 0.3) is 6.01 Å². The predicted molar refractivity (Wildman–Crippen MR) is 218 cm³/mol. The van der Waals surface area contributed by atoms with Gasteiger partial charge in [0.15, 0.2) is 5.76 Å². The van der Waals surface area contributed by atoms with Crippen molar-refractivity contribution in [3.8, 4) is 22.6 Å². The minimum atomic E-state index is -3.33. The summed E-state index contributed by atoms with van der Waals surface area (Å²) in [6, 6.07) is 30.4. The average Bonchev–Trinajstić information content (AvgIpc) is 3.72. The molecule has 0 aliphatic rings. The van der Waals surface area contributed by atoms with Crippen molar-refractivity contribution in [2.45, 2.75) is 65.9 Å². The van der Waals surface area contributed by atoms with Crippen LogP contribution < -0.4 is 10.0 Å². The summed E-state index contributed by atoms with van der Waals surface area (Å²) in [7, 11) is -3.33. The van der Waals surface area contributed by atoms with Crippen LogP contribution in [0.3, 0.4) is 0 Å². The number of hydrogen-bond donors (Lipinski definition) is 3. The van der Waals surface area contributed by atoms with Gasteiger partial charge >= 0.3 is 6.09 Å². The van der Waals surface area contributed by atoms with Gasteiger partial charge in [-0.3, -0.25) is 4.72 Å². The fourth-order valence-corrected chi connectivity index (χ4v) is 7.16. The van der Waals surface area contributed by atoms with E-state index in [0.717, 1.165) is 70.1 Å². The highest BCUT2D eigenvalue weighted by Gasteiger charge is 2.23. The maximum Gasteiger partial charge on any atom is 0.410 e. The minimum Gasteiger partial charge on any atom is -0.444 e. The molecule has 6 aromatic rings. The van der Waals surface area contributed by atoms with Crippen LogP contribution in [0, 0.1) is 13.8 Å². The maximum atomic E-state index is 13.6. The molecule has 10 nitrogen and oxygen atoms in total. The molecule has 0 fully saturated rings. The number of oxazole rings is 1. The number of amides is 1. The third kappa shape index (κ3) is 10.3. The number of aromatic nitrogens is 2. The van der Waals surface area contributed by atoms with E-state index in [-0.39, 0.29) is 6.09 Å². The molecule has 1 amide bonds. The second-order valence-electron chi connectivity index (χ2n) is 14.9. The molecule has 0 aliphatic carbocycles. The van der Waals surface area contributed by atoms with Crippen LogP contribution in [-0.4, -0.2) is 54.3 Å². The van der Waals surface area contributed by atoms with Gasteiger partial charge in [0.2, 0.25) is 10.0 Å². The first kappa shape index (κ1) is 38.2. The van der Waals surface area contributed by atoms with Crippen molar-refractivity contribution in [3.63, 3.8) is 0 Å². The van der Waals surface area contributed by atoms with E-state index in [0.29, 0.717) is 37.0 Å². The number of aromatic amines is 1. The molecule has 2 aromatic heterocycles. The molecule has 0 bridgehead atoms. The van der Waals surface area contributed by atoms with E-state index < -0.39 is 15.6 Å². The maximum absolute atomic E-state index is 13.6. The molecule has 3 N–H and O–H groups in total. The fourth-order valence-electron chi connectivity index (χ4n) is 6.59. The molecule has 54 heavy (non-hydrogen) atoms. The summed E-state index contributed by atoms with van der Waals surface area (Å²) in [5, 5.41) is 4.39. The van der Waals surface area contributed by atoms with Crippen LogP contribution in [0.15, 0.2) is 102 Å². The number of hydrogen-bond acceptors (Lipinski definition) is 7. The number of nitrogens with one attached hydrogen (secondary N) is 3. The number of fused-ring (bicyclic) bond motifs is 1. The van der Waals surface area contributed by atoms with E-state index in [9.17, 15) is 13.2 Å². The minimum absolute atomic E-state index is 0.341. The average molecular weight is 748 g/mol. The normalized spacial score (nSPS) is 11.8. The lowest BCUT2D eigenvalue weighted by Gasteiger charge is -2.27. The van der Waals surface area contributed by atoms with E-state index in [1.807, 2.05) is 74.2 Å². The van der Waals surface area contributed by atoms with Crippen molar-refractivity contribution in [2.24, 2.45) is 0 Å². The Hall–Kier alpha value is -5.55. The summed E-state index contributed by atoms with van der Waals surface area (Å²) in [6.45, 7) is 10.9. The van der Waals surface area contributed by atoms with Crippen LogP contribution in [0.2, 0.25) is 0 Å². The van der Waals surface area contributed by atoms with Crippen molar-refractivity contribution in [3.05, 3.63) is 119 Å². The molecule has 6 rings (SSSR count). The number of H-pyrrole nitrogens is 1. The standard InChI is InChI=1S/C43H49N5O5S/c1-29-24-30(2)26-33(25-29)40-36(37-27-35(19-20-38(37)46-40)45-41-44-28-39(52-41)32-13-8-7-9-14-32)21-23-48(42(49)53-43(3,4)5)22-11-10-12-31-15-17-34(18-16-31)47-54(6,50)51/h7-9,13-20,24-28,46-47H,10-12,21-23H2,1-6H3,(H,44,45). The Bertz CT molecular complexity index is 2300. The van der Waals surface area contributed by atoms with Gasteiger partial charge in [-0.15, -0.1) is 0 Å². The van der Waals surface area contributed by atoms with Crippen LogP contribution in [0.5, 0.6) is 0 Å². The first-order chi connectivity index (χ1) is 25.7. The highest BCUT2D eigenvalue weighted by molar-refractivity contribution is 7.92. The molecule has 11 heteroatoms. The monoisotopic (exact) mass is 747 g/mol. The predicted octanol–water partition coefficient (Wildman–Crippen LogP) is 10.0. The van der Waals surface area contributed by atoms with Crippen molar-refractivity contribution in [2.75, 3.05) is 29.4 Å². The zero-order valence-electron chi connectivity index (χ0n) is 31.8. The van der Waals surface area contributed by atoms with Crippen LogP contribution in [-0.2, 0) is 27.6 Å². The number of nitrogens with zero attached hydrogens (tertiary/aromatic N) is 2. The molecule has 0 saturated carbocycles. The van der Waals surface area contributed by atoms with Crippen molar-refractivity contribution in [1.29, 1.82) is 0 Å². The quantitative estimate of drug-likeness (QED) is 0.0946. The van der Waals surface area contributed by atoms with Crippen molar-refractivity contribution < 1.29 is 22.4 Å². The van der Waals surface area contributed by atoms with Gasteiger partial charge in [-0.05, 0) is 119 Å². The second kappa shape index (κ2) is 16.2. The SMILES string of the molecule is Cc1cc(C)cc(-c2[nH]c3ccc(Nc4ncc(-c5ccccc5)o4)cc3c2CCN(CCCCc2ccc(NS(C)(=O)=O)cc2)C(=O)OC(C)(C)C)c1. The molecule has 282 valence electrons. The first-order valence-corrected chi connectivity index (χ1v) is 20.1. The molecule has 0 unspecified atom stereocenters. The van der Waals surface area contributed by atoms with Crippen LogP contribution in [0.4, 0.5) is 22.2 Å². The molecule has 0 saturated heterocycles. The van der Waals surface area contributed by atoms with E-state index in [2.05, 4.69) is 64.2 Å². The third-order valence-corrected chi connectivity index (χ3v) is 9.52. The Balaban J connectivity index is 1.23. The fraction of sp³-hybridized carbons (Fsp3) is 0.302. The summed E-state index contributed by atoms with van der Waals surface area (Å²) in [4.78, 5) is 23.6. The Kier molecular flexibility index (Phi) is 11.5. The van der Waals surface area contributed by atoms with Crippen LogP contribution in [0.1, 0.15) is 55.9 Å². The van der Waals surface area contributed by atoms with Gasteiger partial charge in [-0.1, -0.05) is 59.7 Å². The lowest BCUT2D eigenvalue weighted by atomic mass is 9.99. The van der Waals surface area contributed by atoms with Gasteiger partial charge in [0.05, 0.1) is 12.5 Å². The molecular weight excluding hydrogens is 699 g/mol. The lowest BCUT2D eigenvalue weighted by Crippen LogP contribution is -2.38. The number of ether oxygens (including phenoxy) is 1. The second-order valence-corrected chi connectivity index (χ2v) is 16.6. The number of unbranched alkanes of at least 4 members (excludes halogenated alkanes) is 1. The molecular formula is C43H49N5O5S. The summed E-state index contributed by atoms with van der Waals surface area (Å²) < 4.78 is 37.6. The van der Waals surface area contributed by atoms with Crippen LogP contribution in [0.25, 0.3) is 33.5 Å². The van der Waals surface area contributed by atoms with Gasteiger partial charge in [-0.25, -0.2) is 18.2 Å². The summed E-state index contributed by atoms with van der Waals surface area (Å²) >= 11 is 0. The zero-order chi connectivity index (χ0) is 38.5. The molecule has 0 aliphatic heterocycles. The molecule has 0 radical (unpaired) electrons. The number of carbonyl (C=O) groups is 1. The van der Waals surface area contributed by atoms with Gasteiger partial charge < -0.3 is 24.4 Å². The largest absolute Gasteiger partial charge is 0.444 e. The van der Waals surface area contributed by atoms with Gasteiger partial charge in [0, 0.05) is 46.6 Å². The van der Waals surface area contributed by atoms with Gasteiger partial charge in [0.1, 0.15) is 5.60 Å². The van der Waals surface area contributed by atoms with E-state index in [1.54, 1.807) is 18.3 Å². The van der Waals surface area contributed by atoms with E-state index in [1.165, 1.54) is 11.1 Å². The summed E-state index contributed by atoms with van der Waals surface area (Å²) in [5.74, 6) is 0.681. The molecule has 4 aromatic carbocycles. The van der Waals surface area contributed by atoms with Gasteiger partial charge in [-0.2, -0.15) is 0 Å². The number of rotatable bonds is 14. The Morgan fingerprint density at radius 2 is 1.56 bits per heavy atom. The van der Waals surface area contributed by atoms with Crippen LogP contribution >= 0.6 is 0 Å². The number of aryl methyl sites for hydroxylation is 3.